The molecule has 4 saturated carbocycles. The second-order valence-electron chi connectivity index (χ2n) is 9.89. The molecule has 0 aliphatic heterocycles. The Balaban J connectivity index is 1.63. The van der Waals surface area contributed by atoms with E-state index in [0.717, 1.165) is 32.1 Å². The molecule has 4 aliphatic carbocycles. The van der Waals surface area contributed by atoms with Crippen LogP contribution in [0.15, 0.2) is 0 Å². The van der Waals surface area contributed by atoms with E-state index in [1.165, 1.54) is 0 Å². The minimum atomic E-state index is -2.34. The lowest BCUT2D eigenvalue weighted by Gasteiger charge is -2.61. The van der Waals surface area contributed by atoms with E-state index in [9.17, 15) is 9.90 Å². The summed E-state index contributed by atoms with van der Waals surface area (Å²) in [6.07, 6.45) is 4.13. The predicted molar refractivity (Wildman–Crippen MR) is 96.5 cm³/mol. The maximum absolute atomic E-state index is 12.4. The van der Waals surface area contributed by atoms with E-state index in [1.807, 2.05) is 0 Å². The Morgan fingerprint density at radius 1 is 1.08 bits per heavy atom. The zero-order valence-electron chi connectivity index (χ0n) is 20.4. The van der Waals surface area contributed by atoms with E-state index in [0.29, 0.717) is 31.1 Å². The summed E-state index contributed by atoms with van der Waals surface area (Å²) in [7, 11) is 0. The highest BCUT2D eigenvalue weighted by Gasteiger charge is 2.61. The third-order valence-corrected chi connectivity index (χ3v) is 8.77. The minimum absolute atomic E-state index is 0.00273. The van der Waals surface area contributed by atoms with Crippen molar-refractivity contribution in [2.24, 2.45) is 40.4 Å². The van der Waals surface area contributed by atoms with Crippen LogP contribution in [0.25, 0.3) is 0 Å². The smallest absolute Gasteiger partial charge is 0.133 e. The molecule has 2 nitrogen and oxygen atoms in total. The normalized spacial score (nSPS) is 62.7. The molecule has 8 atom stereocenters. The van der Waals surface area contributed by atoms with Crippen molar-refractivity contribution in [1.29, 1.82) is 0 Å². The summed E-state index contributed by atoms with van der Waals surface area (Å²) in [5, 5.41) is 10.9. The molecule has 0 spiro atoms. The zero-order valence-corrected chi connectivity index (χ0v) is 15.4. The van der Waals surface area contributed by atoms with E-state index in [1.54, 1.807) is 6.92 Å². The van der Waals surface area contributed by atoms with Crippen molar-refractivity contribution in [2.75, 3.05) is 0 Å². The fourth-order valence-corrected chi connectivity index (χ4v) is 7.42. The standard InChI is InChI=1S/C22H36O2/c1-14(23)17-7-8-18-16-6-5-15-13-20(2,24)11-12-21(15,3)19(16)9-10-22(17,18)4/h15-19,24H,5-13H2,1-4H3/t15-,16-,17+,18-,19-,20+,21-,22+/m0/s1/i2D3,7D2. The van der Waals surface area contributed by atoms with E-state index in [4.69, 9.17) is 6.85 Å². The van der Waals surface area contributed by atoms with Gasteiger partial charge in [-0.25, -0.2) is 0 Å². The number of fused-ring (bicyclic) bond motifs is 5. The summed E-state index contributed by atoms with van der Waals surface area (Å²) in [6, 6.07) is 0. The first kappa shape index (κ1) is 12.1. The Morgan fingerprint density at radius 2 is 1.83 bits per heavy atom. The SMILES string of the molecule is [2H]C1([2H])C[C@H]2[C@@H]3CC[C@H]4C[C@@](O)(C([2H])([2H])[2H])CC[C@]4(C)[C@H]3CC[C@]2(C)[C@H]1C(C)=O. The van der Waals surface area contributed by atoms with Crippen LogP contribution in [0.5, 0.6) is 0 Å². The first-order valence-corrected chi connectivity index (χ1v) is 9.89. The molecular formula is C22H36O2. The predicted octanol–water partition coefficient (Wildman–Crippen LogP) is 4.99. The summed E-state index contributed by atoms with van der Waals surface area (Å²) >= 11 is 0. The molecule has 0 saturated heterocycles. The molecule has 0 bridgehead atoms. The third kappa shape index (κ3) is 2.27. The minimum Gasteiger partial charge on any atom is -0.390 e. The molecule has 4 aliphatic rings. The molecule has 0 amide bonds. The lowest BCUT2D eigenvalue weighted by atomic mass is 9.44. The lowest BCUT2D eigenvalue weighted by molar-refractivity contribution is -0.150. The fourth-order valence-electron chi connectivity index (χ4n) is 7.42. The molecule has 136 valence electrons. The number of hydrogen-bond donors (Lipinski definition) is 1. The first-order valence-electron chi connectivity index (χ1n) is 12.4. The van der Waals surface area contributed by atoms with Crippen molar-refractivity contribution in [3.63, 3.8) is 0 Å². The average Bonchev–Trinajstić information content (AvgIpc) is 2.79. The number of rotatable bonds is 1. The van der Waals surface area contributed by atoms with Gasteiger partial charge in [0.1, 0.15) is 5.78 Å². The van der Waals surface area contributed by atoms with Crippen LogP contribution in [-0.2, 0) is 4.79 Å². The number of Topliss-reactive ketones (excluding diaryl/α,β-unsaturated/α-hetero) is 1. The van der Waals surface area contributed by atoms with Gasteiger partial charge in [0.2, 0.25) is 0 Å². The van der Waals surface area contributed by atoms with Gasteiger partial charge in [-0.2, -0.15) is 0 Å². The maximum atomic E-state index is 12.4. The fraction of sp³-hybridized carbons (Fsp3) is 0.955. The number of hydrogen-bond acceptors (Lipinski definition) is 2. The second-order valence-corrected chi connectivity index (χ2v) is 9.89. The van der Waals surface area contributed by atoms with Gasteiger partial charge < -0.3 is 5.11 Å². The Hall–Kier alpha value is -0.370. The summed E-state index contributed by atoms with van der Waals surface area (Å²) in [5.41, 5.74) is -1.84. The van der Waals surface area contributed by atoms with E-state index >= 15 is 0 Å². The van der Waals surface area contributed by atoms with Crippen LogP contribution in [0.4, 0.5) is 0 Å². The Morgan fingerprint density at radius 3 is 2.54 bits per heavy atom. The summed E-state index contributed by atoms with van der Waals surface area (Å²) in [4.78, 5) is 12.4. The molecule has 0 aromatic carbocycles. The highest BCUT2D eigenvalue weighted by molar-refractivity contribution is 5.79. The van der Waals surface area contributed by atoms with E-state index < -0.39 is 24.7 Å². The topological polar surface area (TPSA) is 37.3 Å². The van der Waals surface area contributed by atoms with Crippen molar-refractivity contribution in [1.82, 2.24) is 0 Å². The van der Waals surface area contributed by atoms with Gasteiger partial charge in [-0.1, -0.05) is 13.8 Å². The Labute approximate surface area is 154 Å². The zero-order chi connectivity index (χ0) is 21.6. The molecule has 24 heavy (non-hydrogen) atoms. The monoisotopic (exact) mass is 337 g/mol. The third-order valence-electron chi connectivity index (χ3n) is 8.77. The number of carbonyl (C=O) groups excluding carboxylic acids is 1. The number of ketones is 1. The summed E-state index contributed by atoms with van der Waals surface area (Å²) < 4.78 is 40.6. The Kier molecular flexibility index (Phi) is 2.68. The van der Waals surface area contributed by atoms with Gasteiger partial charge in [-0.3, -0.25) is 4.79 Å². The molecule has 0 unspecified atom stereocenters. The van der Waals surface area contributed by atoms with Gasteiger partial charge in [0, 0.05) is 12.8 Å². The van der Waals surface area contributed by atoms with Gasteiger partial charge in [-0.15, -0.1) is 0 Å². The number of carbonyl (C=O) groups is 1. The quantitative estimate of drug-likeness (QED) is 0.732. The largest absolute Gasteiger partial charge is 0.390 e. The van der Waals surface area contributed by atoms with Crippen LogP contribution in [0.1, 0.15) is 92.2 Å². The van der Waals surface area contributed by atoms with Crippen molar-refractivity contribution < 1.29 is 16.8 Å². The van der Waals surface area contributed by atoms with Crippen LogP contribution in [-0.4, -0.2) is 16.5 Å². The molecule has 1 N–H and O–H groups in total. The molecular weight excluding hydrogens is 296 g/mol. The van der Waals surface area contributed by atoms with Crippen LogP contribution < -0.4 is 0 Å². The van der Waals surface area contributed by atoms with Crippen molar-refractivity contribution in [2.45, 2.75) is 91.0 Å². The van der Waals surface area contributed by atoms with Crippen LogP contribution in [0.3, 0.4) is 0 Å². The first-order chi connectivity index (χ1) is 13.2. The number of aliphatic hydroxyl groups is 1. The average molecular weight is 338 g/mol. The summed E-state index contributed by atoms with van der Waals surface area (Å²) in [6.45, 7) is 3.65. The molecule has 4 rings (SSSR count). The maximum Gasteiger partial charge on any atom is 0.133 e. The summed E-state index contributed by atoms with van der Waals surface area (Å²) in [5.74, 6) is 0.716. The molecule has 4 fully saturated rings. The van der Waals surface area contributed by atoms with E-state index in [-0.39, 0.29) is 28.4 Å². The van der Waals surface area contributed by atoms with Crippen molar-refractivity contribution in [3.8, 4) is 0 Å². The lowest BCUT2D eigenvalue weighted by Crippen LogP contribution is -2.55. The highest BCUT2D eigenvalue weighted by Crippen LogP contribution is 2.68. The molecule has 0 heterocycles. The van der Waals surface area contributed by atoms with Gasteiger partial charge >= 0.3 is 0 Å². The van der Waals surface area contributed by atoms with Gasteiger partial charge in [-0.05, 0) is 106 Å². The molecule has 0 aromatic rings. The Bertz CT molecular complexity index is 706. The van der Waals surface area contributed by atoms with E-state index in [2.05, 4.69) is 13.8 Å². The van der Waals surface area contributed by atoms with Crippen LogP contribution in [0, 0.1) is 40.4 Å². The van der Waals surface area contributed by atoms with Gasteiger partial charge in [0.05, 0.1) is 5.60 Å². The highest BCUT2D eigenvalue weighted by atomic mass is 16.3. The van der Waals surface area contributed by atoms with Crippen molar-refractivity contribution >= 4 is 5.78 Å². The molecule has 2 heteroatoms. The van der Waals surface area contributed by atoms with Crippen LogP contribution in [0.2, 0.25) is 0 Å². The van der Waals surface area contributed by atoms with Gasteiger partial charge in [0.15, 0.2) is 0 Å². The molecule has 0 aromatic heterocycles. The van der Waals surface area contributed by atoms with Crippen molar-refractivity contribution in [3.05, 3.63) is 0 Å². The second kappa shape index (κ2) is 5.32. The van der Waals surface area contributed by atoms with Crippen LogP contribution >= 0.6 is 0 Å². The molecule has 0 radical (unpaired) electrons. The van der Waals surface area contributed by atoms with Gasteiger partial charge in [0.25, 0.3) is 0 Å².